The molecule has 1 aromatic rings. The first-order chi connectivity index (χ1) is 7.65. The molecule has 0 radical (unpaired) electrons. The Bertz CT molecular complexity index is 368. The third-order valence-electron chi connectivity index (χ3n) is 2.33. The standard InChI is InChI=1S/C11H16ClN3O/c1-8(14-7-6-11(13)15-16)9-4-2-3-5-10(9)12/h2-5,8,14,16H,6-7H2,1H3,(H2,13,15). The van der Waals surface area contributed by atoms with E-state index >= 15 is 0 Å². The van der Waals surface area contributed by atoms with Gasteiger partial charge in [-0.25, -0.2) is 0 Å². The van der Waals surface area contributed by atoms with E-state index in [-0.39, 0.29) is 11.9 Å². The van der Waals surface area contributed by atoms with Gasteiger partial charge < -0.3 is 16.3 Å². The van der Waals surface area contributed by atoms with Gasteiger partial charge in [0.15, 0.2) is 0 Å². The molecule has 0 aliphatic heterocycles. The maximum atomic E-state index is 8.38. The number of hydrogen-bond acceptors (Lipinski definition) is 3. The van der Waals surface area contributed by atoms with Gasteiger partial charge in [0.2, 0.25) is 0 Å². The highest BCUT2D eigenvalue weighted by Gasteiger charge is 2.07. The summed E-state index contributed by atoms with van der Waals surface area (Å²) >= 11 is 6.06. The van der Waals surface area contributed by atoms with Crippen LogP contribution in [-0.4, -0.2) is 17.6 Å². The van der Waals surface area contributed by atoms with Crippen LogP contribution >= 0.6 is 11.6 Å². The smallest absolute Gasteiger partial charge is 0.140 e. The van der Waals surface area contributed by atoms with Crippen molar-refractivity contribution in [1.29, 1.82) is 0 Å². The fraction of sp³-hybridized carbons (Fsp3) is 0.364. The molecule has 0 saturated carbocycles. The van der Waals surface area contributed by atoms with E-state index in [0.717, 1.165) is 10.6 Å². The number of nitrogens with one attached hydrogen (secondary N) is 1. The van der Waals surface area contributed by atoms with Crippen LogP contribution in [0.25, 0.3) is 0 Å². The highest BCUT2D eigenvalue weighted by Crippen LogP contribution is 2.21. The Morgan fingerprint density at radius 1 is 1.56 bits per heavy atom. The molecule has 4 N–H and O–H groups in total. The van der Waals surface area contributed by atoms with Gasteiger partial charge >= 0.3 is 0 Å². The lowest BCUT2D eigenvalue weighted by molar-refractivity contribution is 0.316. The number of rotatable bonds is 5. The number of benzene rings is 1. The van der Waals surface area contributed by atoms with Gasteiger partial charge in [0.05, 0.1) is 0 Å². The SMILES string of the molecule is CC(NCCC(N)=NO)c1ccccc1Cl. The minimum absolute atomic E-state index is 0.139. The molecule has 5 heteroatoms. The first-order valence-electron chi connectivity index (χ1n) is 5.09. The van der Waals surface area contributed by atoms with E-state index < -0.39 is 0 Å². The Kier molecular flexibility index (Phi) is 5.08. The van der Waals surface area contributed by atoms with E-state index in [1.54, 1.807) is 0 Å². The van der Waals surface area contributed by atoms with Crippen LogP contribution in [-0.2, 0) is 0 Å². The van der Waals surface area contributed by atoms with Crippen molar-refractivity contribution >= 4 is 17.4 Å². The molecule has 1 atom stereocenters. The summed E-state index contributed by atoms with van der Waals surface area (Å²) in [6.07, 6.45) is 0.505. The zero-order chi connectivity index (χ0) is 12.0. The van der Waals surface area contributed by atoms with Gasteiger partial charge in [-0.1, -0.05) is 35.0 Å². The van der Waals surface area contributed by atoms with Crippen LogP contribution in [0.15, 0.2) is 29.4 Å². The van der Waals surface area contributed by atoms with E-state index in [9.17, 15) is 0 Å². The Morgan fingerprint density at radius 3 is 2.88 bits per heavy atom. The lowest BCUT2D eigenvalue weighted by atomic mass is 10.1. The van der Waals surface area contributed by atoms with Crippen LogP contribution < -0.4 is 11.1 Å². The van der Waals surface area contributed by atoms with Crippen LogP contribution in [0.2, 0.25) is 5.02 Å². The Hall–Kier alpha value is -1.26. The third-order valence-corrected chi connectivity index (χ3v) is 2.68. The molecule has 1 rings (SSSR count). The first kappa shape index (κ1) is 12.8. The second-order valence-electron chi connectivity index (χ2n) is 3.54. The van der Waals surface area contributed by atoms with Crippen molar-refractivity contribution in [3.8, 4) is 0 Å². The summed E-state index contributed by atoms with van der Waals surface area (Å²) < 4.78 is 0. The lowest BCUT2D eigenvalue weighted by Gasteiger charge is -2.15. The Balaban J connectivity index is 2.47. The number of halogens is 1. The molecule has 1 aromatic carbocycles. The number of hydrogen-bond donors (Lipinski definition) is 3. The third kappa shape index (κ3) is 3.72. The van der Waals surface area contributed by atoms with E-state index in [0.29, 0.717) is 13.0 Å². The van der Waals surface area contributed by atoms with Gasteiger partial charge in [0, 0.05) is 24.0 Å². The van der Waals surface area contributed by atoms with Crippen LogP contribution in [0.1, 0.15) is 24.9 Å². The summed E-state index contributed by atoms with van der Waals surface area (Å²) in [5.41, 5.74) is 6.41. The van der Waals surface area contributed by atoms with E-state index in [1.807, 2.05) is 31.2 Å². The summed E-state index contributed by atoms with van der Waals surface area (Å²) in [5, 5.41) is 15.3. The lowest BCUT2D eigenvalue weighted by Crippen LogP contribution is -2.24. The topological polar surface area (TPSA) is 70.6 Å². The molecule has 0 saturated heterocycles. The molecular formula is C11H16ClN3O. The van der Waals surface area contributed by atoms with Gasteiger partial charge in [0.1, 0.15) is 5.84 Å². The summed E-state index contributed by atoms with van der Waals surface area (Å²) in [6, 6.07) is 7.82. The van der Waals surface area contributed by atoms with Crippen LogP contribution in [0.5, 0.6) is 0 Å². The summed E-state index contributed by atoms with van der Waals surface area (Å²) in [4.78, 5) is 0. The molecule has 0 heterocycles. The fourth-order valence-corrected chi connectivity index (χ4v) is 1.70. The van der Waals surface area contributed by atoms with Gasteiger partial charge in [-0.3, -0.25) is 0 Å². The predicted octanol–water partition coefficient (Wildman–Crippen LogP) is 2.13. The van der Waals surface area contributed by atoms with Crippen LogP contribution in [0.3, 0.4) is 0 Å². The first-order valence-corrected chi connectivity index (χ1v) is 5.47. The molecule has 0 aromatic heterocycles. The summed E-state index contributed by atoms with van der Waals surface area (Å²) in [6.45, 7) is 2.66. The number of nitrogens with zero attached hydrogens (tertiary/aromatic N) is 1. The molecule has 88 valence electrons. The molecular weight excluding hydrogens is 226 g/mol. The minimum atomic E-state index is 0.139. The second kappa shape index (κ2) is 6.35. The van der Waals surface area contributed by atoms with Crippen molar-refractivity contribution in [2.75, 3.05) is 6.54 Å². The van der Waals surface area contributed by atoms with Crippen molar-refractivity contribution in [1.82, 2.24) is 5.32 Å². The molecule has 0 bridgehead atoms. The van der Waals surface area contributed by atoms with Crippen molar-refractivity contribution in [3.05, 3.63) is 34.9 Å². The van der Waals surface area contributed by atoms with Crippen molar-refractivity contribution in [2.24, 2.45) is 10.9 Å². The van der Waals surface area contributed by atoms with E-state index in [1.165, 1.54) is 0 Å². The molecule has 0 amide bonds. The van der Waals surface area contributed by atoms with Crippen molar-refractivity contribution in [3.63, 3.8) is 0 Å². The molecule has 1 unspecified atom stereocenters. The average molecular weight is 242 g/mol. The minimum Gasteiger partial charge on any atom is -0.409 e. The summed E-state index contributed by atoms with van der Waals surface area (Å²) in [5.74, 6) is 0.221. The molecule has 0 fully saturated rings. The number of amidine groups is 1. The van der Waals surface area contributed by atoms with E-state index in [2.05, 4.69) is 10.5 Å². The van der Waals surface area contributed by atoms with Gasteiger partial charge in [-0.05, 0) is 18.6 Å². The van der Waals surface area contributed by atoms with Gasteiger partial charge in [-0.2, -0.15) is 0 Å². The Morgan fingerprint density at radius 2 is 2.25 bits per heavy atom. The summed E-state index contributed by atoms with van der Waals surface area (Å²) in [7, 11) is 0. The quantitative estimate of drug-likeness (QED) is 0.320. The zero-order valence-electron chi connectivity index (χ0n) is 9.15. The largest absolute Gasteiger partial charge is 0.409 e. The molecule has 0 spiro atoms. The molecule has 0 aliphatic carbocycles. The average Bonchev–Trinajstić information content (AvgIpc) is 2.29. The maximum Gasteiger partial charge on any atom is 0.140 e. The second-order valence-corrected chi connectivity index (χ2v) is 3.95. The monoisotopic (exact) mass is 241 g/mol. The molecule has 0 aliphatic rings. The van der Waals surface area contributed by atoms with Crippen LogP contribution in [0, 0.1) is 0 Å². The van der Waals surface area contributed by atoms with Crippen molar-refractivity contribution in [2.45, 2.75) is 19.4 Å². The highest BCUT2D eigenvalue weighted by atomic mass is 35.5. The highest BCUT2D eigenvalue weighted by molar-refractivity contribution is 6.31. The predicted molar refractivity (Wildman–Crippen MR) is 65.9 cm³/mol. The van der Waals surface area contributed by atoms with Gasteiger partial charge in [0.25, 0.3) is 0 Å². The molecule has 16 heavy (non-hydrogen) atoms. The normalized spacial score (nSPS) is 13.8. The maximum absolute atomic E-state index is 8.38. The van der Waals surface area contributed by atoms with Crippen molar-refractivity contribution < 1.29 is 5.21 Å². The van der Waals surface area contributed by atoms with Crippen LogP contribution in [0.4, 0.5) is 0 Å². The molecule has 4 nitrogen and oxygen atoms in total. The Labute approximate surface area is 100 Å². The fourth-order valence-electron chi connectivity index (χ4n) is 1.40. The van der Waals surface area contributed by atoms with E-state index in [4.69, 9.17) is 22.5 Å². The van der Waals surface area contributed by atoms with Gasteiger partial charge in [-0.15, -0.1) is 0 Å². The zero-order valence-corrected chi connectivity index (χ0v) is 9.91. The number of oxime groups is 1. The number of nitrogens with two attached hydrogens (primary N) is 1.